The molecule has 0 saturated heterocycles. The predicted octanol–water partition coefficient (Wildman–Crippen LogP) is 1.59. The first kappa shape index (κ1) is 16.5. The van der Waals surface area contributed by atoms with E-state index in [1.807, 2.05) is 25.2 Å². The Morgan fingerprint density at radius 3 is 2.48 bits per heavy atom. The molecular weight excluding hydrogens is 335 g/mol. The molecule has 0 unspecified atom stereocenters. The number of aliphatic hydroxyl groups is 1. The lowest BCUT2D eigenvalue weighted by atomic mass is 9.79. The maximum absolute atomic E-state index is 10.4. The van der Waals surface area contributed by atoms with Gasteiger partial charge >= 0.3 is 7.12 Å². The molecule has 2 rings (SSSR count). The average Bonchev–Trinajstić information content (AvgIpc) is 2.64. The van der Waals surface area contributed by atoms with E-state index in [1.165, 1.54) is 0 Å². The Hall–Kier alpha value is -0.885. The number of halogens is 1. The Bertz CT molecular complexity index is 664. The summed E-state index contributed by atoms with van der Waals surface area (Å²) in [6.07, 6.45) is 0. The molecule has 2 N–H and O–H groups in total. The zero-order valence-electron chi connectivity index (χ0n) is 12.9. The molecule has 0 saturated carbocycles. The summed E-state index contributed by atoms with van der Waals surface area (Å²) in [6, 6.07) is 5.73. The molecule has 0 spiro atoms. The number of nitrogens with zero attached hydrogens (tertiary/aromatic N) is 2. The quantitative estimate of drug-likeness (QED) is 0.818. The largest absolute Gasteiger partial charge is 0.513 e. The predicted molar refractivity (Wildman–Crippen MR) is 87.5 cm³/mol. The molecule has 0 atom stereocenters. The fraction of sp³-hybridized carbons (Fsp3) is 0.500. The number of benzene rings is 1. The Morgan fingerprint density at radius 2 is 1.90 bits per heavy atom. The third-order valence-corrected chi connectivity index (χ3v) is 4.45. The standard InChI is InChI=1S/C14H20BBrN2O3/c1-13(2,19)14(3,4)21-15(20)12-10-8-9(16)6-7-11(10)18(5)17-12/h6-8,19-20H,1-5H3. The third kappa shape index (κ3) is 3.16. The SMILES string of the molecule is Cn1nc(B(O)OC(C)(C)C(C)(C)O)c2cc(Br)ccc21. The third-order valence-electron chi connectivity index (χ3n) is 3.95. The Labute approximate surface area is 133 Å². The van der Waals surface area contributed by atoms with Gasteiger partial charge in [0.15, 0.2) is 0 Å². The van der Waals surface area contributed by atoms with Crippen molar-refractivity contribution in [3.05, 3.63) is 22.7 Å². The van der Waals surface area contributed by atoms with Crippen LogP contribution in [0.2, 0.25) is 0 Å². The molecule has 1 aromatic carbocycles. The maximum atomic E-state index is 10.4. The monoisotopic (exact) mass is 354 g/mol. The highest BCUT2D eigenvalue weighted by atomic mass is 79.9. The van der Waals surface area contributed by atoms with Gasteiger partial charge in [0.25, 0.3) is 0 Å². The molecule has 0 radical (unpaired) electrons. The van der Waals surface area contributed by atoms with Gasteiger partial charge in [0, 0.05) is 16.9 Å². The van der Waals surface area contributed by atoms with Crippen LogP contribution < -0.4 is 5.59 Å². The van der Waals surface area contributed by atoms with E-state index in [0.717, 1.165) is 15.4 Å². The number of rotatable bonds is 4. The molecule has 0 bridgehead atoms. The summed E-state index contributed by atoms with van der Waals surface area (Å²) in [5, 5.41) is 25.7. The molecule has 114 valence electrons. The van der Waals surface area contributed by atoms with Crippen LogP contribution >= 0.6 is 15.9 Å². The van der Waals surface area contributed by atoms with Gasteiger partial charge in [-0.15, -0.1) is 0 Å². The van der Waals surface area contributed by atoms with Crippen LogP contribution in [0.4, 0.5) is 0 Å². The topological polar surface area (TPSA) is 67.5 Å². The molecule has 1 aromatic heterocycles. The first-order valence-electron chi connectivity index (χ1n) is 6.73. The van der Waals surface area contributed by atoms with Gasteiger partial charge < -0.3 is 14.8 Å². The van der Waals surface area contributed by atoms with Gasteiger partial charge in [-0.2, -0.15) is 5.10 Å². The van der Waals surface area contributed by atoms with E-state index in [1.54, 1.807) is 32.4 Å². The lowest BCUT2D eigenvalue weighted by Crippen LogP contribution is -2.53. The molecule has 21 heavy (non-hydrogen) atoms. The summed E-state index contributed by atoms with van der Waals surface area (Å²) in [6.45, 7) is 6.76. The summed E-state index contributed by atoms with van der Waals surface area (Å²) in [5.74, 6) is 0. The average molecular weight is 355 g/mol. The molecule has 7 heteroatoms. The molecule has 0 fully saturated rings. The highest BCUT2D eigenvalue weighted by Gasteiger charge is 2.40. The van der Waals surface area contributed by atoms with Crippen LogP contribution in [0, 0.1) is 0 Å². The fourth-order valence-electron chi connectivity index (χ4n) is 1.93. The van der Waals surface area contributed by atoms with Crippen molar-refractivity contribution in [1.29, 1.82) is 0 Å². The minimum atomic E-state index is -1.22. The van der Waals surface area contributed by atoms with Crippen molar-refractivity contribution in [3.8, 4) is 0 Å². The second-order valence-corrected chi connectivity index (χ2v) is 7.13. The molecular formula is C14H20BBrN2O3. The minimum Gasteiger partial charge on any atom is -0.422 e. The van der Waals surface area contributed by atoms with Crippen molar-refractivity contribution in [2.24, 2.45) is 7.05 Å². The summed E-state index contributed by atoms with van der Waals surface area (Å²) in [5.41, 5.74) is -0.690. The first-order valence-corrected chi connectivity index (χ1v) is 7.52. The van der Waals surface area contributed by atoms with Crippen LogP contribution in [-0.4, -0.2) is 38.2 Å². The summed E-state index contributed by atoms with van der Waals surface area (Å²) < 4.78 is 8.26. The van der Waals surface area contributed by atoms with Crippen LogP contribution in [0.15, 0.2) is 22.7 Å². The van der Waals surface area contributed by atoms with E-state index in [9.17, 15) is 10.1 Å². The summed E-state index contributed by atoms with van der Waals surface area (Å²) >= 11 is 3.42. The zero-order chi connectivity index (χ0) is 16.0. The Kier molecular flexibility index (Phi) is 4.23. The van der Waals surface area contributed by atoms with Crippen LogP contribution in [0.3, 0.4) is 0 Å². The van der Waals surface area contributed by atoms with E-state index < -0.39 is 18.3 Å². The van der Waals surface area contributed by atoms with Gasteiger partial charge in [0.05, 0.1) is 16.7 Å². The van der Waals surface area contributed by atoms with Gasteiger partial charge in [-0.25, -0.2) is 0 Å². The zero-order valence-corrected chi connectivity index (χ0v) is 14.5. The number of aromatic nitrogens is 2. The Balaban J connectivity index is 2.40. The van der Waals surface area contributed by atoms with Gasteiger partial charge in [-0.3, -0.25) is 4.68 Å². The normalized spacial score (nSPS) is 13.0. The van der Waals surface area contributed by atoms with Crippen molar-refractivity contribution < 1.29 is 14.8 Å². The summed E-state index contributed by atoms with van der Waals surface area (Å²) in [4.78, 5) is 0. The number of hydrogen-bond acceptors (Lipinski definition) is 4. The number of hydrogen-bond donors (Lipinski definition) is 2. The lowest BCUT2D eigenvalue weighted by Gasteiger charge is -2.38. The molecule has 0 aliphatic rings. The first-order chi connectivity index (χ1) is 9.53. The van der Waals surface area contributed by atoms with Crippen molar-refractivity contribution in [1.82, 2.24) is 9.78 Å². The highest BCUT2D eigenvalue weighted by Crippen LogP contribution is 2.26. The molecule has 2 aromatic rings. The van der Waals surface area contributed by atoms with Crippen LogP contribution in [0.5, 0.6) is 0 Å². The second-order valence-electron chi connectivity index (χ2n) is 6.21. The van der Waals surface area contributed by atoms with Gasteiger partial charge in [-0.05, 0) is 45.9 Å². The fourth-order valence-corrected chi connectivity index (χ4v) is 2.29. The molecule has 5 nitrogen and oxygen atoms in total. The van der Waals surface area contributed by atoms with Gasteiger partial charge in [-0.1, -0.05) is 15.9 Å². The minimum absolute atomic E-state index is 0.436. The highest BCUT2D eigenvalue weighted by molar-refractivity contribution is 9.10. The number of fused-ring (bicyclic) bond motifs is 1. The molecule has 0 amide bonds. The van der Waals surface area contributed by atoms with E-state index in [4.69, 9.17) is 4.65 Å². The van der Waals surface area contributed by atoms with Gasteiger partial charge in [0.1, 0.15) is 5.59 Å². The molecule has 1 heterocycles. The van der Waals surface area contributed by atoms with E-state index in [-0.39, 0.29) is 0 Å². The van der Waals surface area contributed by atoms with Crippen LogP contribution in [0.25, 0.3) is 10.9 Å². The number of aryl methyl sites for hydroxylation is 1. The molecule has 0 aliphatic heterocycles. The van der Waals surface area contributed by atoms with E-state index >= 15 is 0 Å². The van der Waals surface area contributed by atoms with E-state index in [0.29, 0.717) is 5.59 Å². The smallest absolute Gasteiger partial charge is 0.422 e. The molecule has 0 aliphatic carbocycles. The van der Waals surface area contributed by atoms with Crippen LogP contribution in [0.1, 0.15) is 27.7 Å². The Morgan fingerprint density at radius 1 is 1.29 bits per heavy atom. The van der Waals surface area contributed by atoms with Crippen molar-refractivity contribution >= 4 is 39.5 Å². The lowest BCUT2D eigenvalue weighted by molar-refractivity contribution is -0.0983. The van der Waals surface area contributed by atoms with Crippen molar-refractivity contribution in [2.75, 3.05) is 0 Å². The summed E-state index contributed by atoms with van der Waals surface area (Å²) in [7, 11) is 0.595. The van der Waals surface area contributed by atoms with Gasteiger partial charge in [0.2, 0.25) is 0 Å². The second kappa shape index (κ2) is 5.39. The van der Waals surface area contributed by atoms with E-state index in [2.05, 4.69) is 21.0 Å². The maximum Gasteiger partial charge on any atom is 0.513 e. The van der Waals surface area contributed by atoms with Crippen molar-refractivity contribution in [2.45, 2.75) is 38.9 Å². The van der Waals surface area contributed by atoms with Crippen molar-refractivity contribution in [3.63, 3.8) is 0 Å². The van der Waals surface area contributed by atoms with Crippen LogP contribution in [-0.2, 0) is 11.7 Å².